The number of carbonyl (C=O) groups is 1. The van der Waals surface area contributed by atoms with Crippen molar-refractivity contribution in [2.45, 2.75) is 84.3 Å². The highest BCUT2D eigenvalue weighted by Crippen LogP contribution is 2.67. The average molecular weight is 514 g/mol. The summed E-state index contributed by atoms with van der Waals surface area (Å²) < 4.78 is 6.79. The quantitative estimate of drug-likeness (QED) is 0.393. The molecule has 8 atom stereocenters. The number of benzene rings is 2. The smallest absolute Gasteiger partial charge is 0.222 e. The fourth-order valence-corrected chi connectivity index (χ4v) is 10.1. The molecular formula is C35H47NO2. The Morgan fingerprint density at radius 1 is 0.842 bits per heavy atom. The number of likely N-dealkylation sites (tertiary alicyclic amines) is 1. The molecule has 38 heavy (non-hydrogen) atoms. The zero-order chi connectivity index (χ0) is 26.5. The third kappa shape index (κ3) is 4.24. The number of piperidine rings is 1. The first-order chi connectivity index (χ1) is 18.3. The van der Waals surface area contributed by atoms with Gasteiger partial charge in [-0.05, 0) is 96.5 Å². The summed E-state index contributed by atoms with van der Waals surface area (Å²) in [7, 11) is 2.07. The Kier molecular flexibility index (Phi) is 6.95. The van der Waals surface area contributed by atoms with Crippen molar-refractivity contribution in [3.63, 3.8) is 0 Å². The lowest BCUT2D eigenvalue weighted by Crippen LogP contribution is -2.61. The lowest BCUT2D eigenvalue weighted by molar-refractivity contribution is -0.159. The molecule has 2 aromatic rings. The van der Waals surface area contributed by atoms with Crippen molar-refractivity contribution in [1.82, 2.24) is 4.90 Å². The fraction of sp³-hybridized carbons (Fsp3) is 0.629. The Morgan fingerprint density at radius 3 is 2.13 bits per heavy atom. The van der Waals surface area contributed by atoms with Crippen molar-refractivity contribution in [3.8, 4) is 0 Å². The Labute approximate surface area is 230 Å². The number of nitrogens with zero attached hydrogens (tertiary/aromatic N) is 1. The Hall–Kier alpha value is -2.13. The number of amides is 1. The van der Waals surface area contributed by atoms with Gasteiger partial charge in [0.15, 0.2) is 0 Å². The van der Waals surface area contributed by atoms with Crippen molar-refractivity contribution in [2.75, 3.05) is 13.7 Å². The zero-order valence-corrected chi connectivity index (χ0v) is 23.9. The summed E-state index contributed by atoms with van der Waals surface area (Å²) in [5.41, 5.74) is 3.20. The van der Waals surface area contributed by atoms with E-state index in [1.165, 1.54) is 49.7 Å². The fourth-order valence-electron chi connectivity index (χ4n) is 10.1. The maximum Gasteiger partial charge on any atom is 0.222 e. The molecule has 1 saturated heterocycles. The summed E-state index contributed by atoms with van der Waals surface area (Å²) in [5, 5.41) is 0. The highest BCUT2D eigenvalue weighted by molar-refractivity contribution is 5.77. The summed E-state index contributed by atoms with van der Waals surface area (Å²) >= 11 is 0. The molecule has 4 fully saturated rings. The van der Waals surface area contributed by atoms with E-state index in [9.17, 15) is 4.79 Å². The molecule has 204 valence electrons. The maximum absolute atomic E-state index is 12.5. The number of carbonyl (C=O) groups excluding carboxylic acids is 1. The topological polar surface area (TPSA) is 29.5 Å². The van der Waals surface area contributed by atoms with Crippen LogP contribution in [0.2, 0.25) is 0 Å². The number of hydrogen-bond acceptors (Lipinski definition) is 2. The first kappa shape index (κ1) is 26.1. The van der Waals surface area contributed by atoms with Crippen molar-refractivity contribution in [2.24, 2.45) is 40.4 Å². The van der Waals surface area contributed by atoms with Crippen LogP contribution in [0.25, 0.3) is 0 Å². The van der Waals surface area contributed by atoms with Gasteiger partial charge in [-0.3, -0.25) is 4.79 Å². The van der Waals surface area contributed by atoms with Gasteiger partial charge in [0.1, 0.15) is 6.10 Å². The molecule has 3 heteroatoms. The van der Waals surface area contributed by atoms with Gasteiger partial charge < -0.3 is 9.64 Å². The standard InChI is InChI=1S/C35H47NO2/c1-24(23-38-33(25-11-7-5-8-12-25)26-13-9-6-10-14-26)28-16-17-29-27-15-18-31-35(3,22-20-32(37)36(31)4)30(27)19-21-34(28,29)2/h5-14,24,27-31,33H,15-23H2,1-4H3/t24?,27-,28+,29-,30-,31?,34+,35+/m0/s1. The predicted octanol–water partition coefficient (Wildman–Crippen LogP) is 7.91. The highest BCUT2D eigenvalue weighted by Gasteiger charge is 2.61. The summed E-state index contributed by atoms with van der Waals surface area (Å²) in [6.45, 7) is 8.44. The SMILES string of the molecule is CC(COC(c1ccccc1)c1ccccc1)[C@H]1CC[C@H]2[C@@H]3CCC4N(C)C(=O)CC[C@]4(C)[C@H]3CC[C@]12C. The second-order valence-electron chi connectivity index (χ2n) is 13.7. The molecule has 3 nitrogen and oxygen atoms in total. The van der Waals surface area contributed by atoms with Crippen molar-refractivity contribution < 1.29 is 9.53 Å². The second kappa shape index (κ2) is 10.1. The summed E-state index contributed by atoms with van der Waals surface area (Å²) in [5.74, 6) is 4.07. The maximum atomic E-state index is 12.5. The molecule has 3 saturated carbocycles. The van der Waals surface area contributed by atoms with E-state index >= 15 is 0 Å². The molecular weight excluding hydrogens is 466 g/mol. The van der Waals surface area contributed by atoms with Crippen molar-refractivity contribution >= 4 is 5.91 Å². The number of hydrogen-bond donors (Lipinski definition) is 0. The molecule has 1 aliphatic heterocycles. The molecule has 3 aliphatic carbocycles. The molecule has 0 spiro atoms. The summed E-state index contributed by atoms with van der Waals surface area (Å²) in [6, 6.07) is 21.9. The minimum absolute atomic E-state index is 0.0122. The van der Waals surface area contributed by atoms with E-state index < -0.39 is 0 Å². The van der Waals surface area contributed by atoms with Gasteiger partial charge in [-0.15, -0.1) is 0 Å². The molecule has 2 unspecified atom stereocenters. The van der Waals surface area contributed by atoms with Crippen LogP contribution in [0.3, 0.4) is 0 Å². The van der Waals surface area contributed by atoms with E-state index in [1.54, 1.807) is 0 Å². The lowest BCUT2D eigenvalue weighted by Gasteiger charge is -2.62. The molecule has 1 heterocycles. The van der Waals surface area contributed by atoms with Gasteiger partial charge in [0.05, 0.1) is 6.61 Å². The van der Waals surface area contributed by atoms with Crippen LogP contribution in [0.15, 0.2) is 60.7 Å². The van der Waals surface area contributed by atoms with E-state index in [-0.39, 0.29) is 6.10 Å². The van der Waals surface area contributed by atoms with Gasteiger partial charge in [-0.1, -0.05) is 81.4 Å². The Morgan fingerprint density at radius 2 is 1.47 bits per heavy atom. The molecule has 0 bridgehead atoms. The second-order valence-corrected chi connectivity index (χ2v) is 13.7. The summed E-state index contributed by atoms with van der Waals surface area (Å²) in [4.78, 5) is 14.6. The van der Waals surface area contributed by atoms with Crippen LogP contribution in [0, 0.1) is 40.4 Å². The molecule has 4 aliphatic rings. The van der Waals surface area contributed by atoms with Crippen LogP contribution in [-0.2, 0) is 9.53 Å². The van der Waals surface area contributed by atoms with Crippen LogP contribution in [0.1, 0.15) is 89.4 Å². The van der Waals surface area contributed by atoms with Gasteiger partial charge in [-0.2, -0.15) is 0 Å². The normalized spacial score (nSPS) is 37.4. The minimum atomic E-state index is -0.0122. The Bertz CT molecular complexity index is 1080. The van der Waals surface area contributed by atoms with E-state index in [2.05, 4.69) is 93.4 Å². The van der Waals surface area contributed by atoms with E-state index in [4.69, 9.17) is 4.74 Å². The molecule has 1 amide bonds. The van der Waals surface area contributed by atoms with Gasteiger partial charge in [-0.25, -0.2) is 0 Å². The van der Waals surface area contributed by atoms with Crippen LogP contribution in [-0.4, -0.2) is 30.5 Å². The lowest BCUT2D eigenvalue weighted by atomic mass is 9.46. The van der Waals surface area contributed by atoms with E-state index in [0.717, 1.165) is 43.1 Å². The molecule has 2 aromatic carbocycles. The zero-order valence-electron chi connectivity index (χ0n) is 23.9. The Balaban J connectivity index is 1.17. The van der Waals surface area contributed by atoms with Gasteiger partial charge in [0, 0.05) is 19.5 Å². The van der Waals surface area contributed by atoms with Crippen LogP contribution < -0.4 is 0 Å². The number of fused-ring (bicyclic) bond motifs is 5. The molecule has 0 aromatic heterocycles. The highest BCUT2D eigenvalue weighted by atomic mass is 16.5. The van der Waals surface area contributed by atoms with Crippen molar-refractivity contribution in [1.29, 1.82) is 0 Å². The molecule has 6 rings (SSSR count). The van der Waals surface area contributed by atoms with Crippen molar-refractivity contribution in [3.05, 3.63) is 71.8 Å². The van der Waals surface area contributed by atoms with E-state index in [0.29, 0.717) is 28.7 Å². The first-order valence-corrected chi connectivity index (χ1v) is 15.3. The van der Waals surface area contributed by atoms with Gasteiger partial charge in [0.25, 0.3) is 0 Å². The third-order valence-electron chi connectivity index (χ3n) is 12.0. The molecule has 0 radical (unpaired) electrons. The average Bonchev–Trinajstić information content (AvgIpc) is 3.30. The van der Waals surface area contributed by atoms with Crippen LogP contribution in [0.5, 0.6) is 0 Å². The van der Waals surface area contributed by atoms with Gasteiger partial charge >= 0.3 is 0 Å². The number of rotatable bonds is 6. The first-order valence-electron chi connectivity index (χ1n) is 15.3. The summed E-state index contributed by atoms with van der Waals surface area (Å²) in [6.07, 6.45) is 9.74. The largest absolute Gasteiger partial charge is 0.369 e. The monoisotopic (exact) mass is 513 g/mol. The van der Waals surface area contributed by atoms with E-state index in [1.807, 2.05) is 0 Å². The number of ether oxygens (including phenoxy) is 1. The van der Waals surface area contributed by atoms with Gasteiger partial charge in [0.2, 0.25) is 5.91 Å². The predicted molar refractivity (Wildman–Crippen MR) is 154 cm³/mol. The molecule has 0 N–H and O–H groups in total. The van der Waals surface area contributed by atoms with Crippen LogP contribution in [0.4, 0.5) is 0 Å². The van der Waals surface area contributed by atoms with Crippen LogP contribution >= 0.6 is 0 Å². The minimum Gasteiger partial charge on any atom is -0.369 e. The third-order valence-corrected chi connectivity index (χ3v) is 12.0.